The van der Waals surface area contributed by atoms with Crippen molar-refractivity contribution >= 4 is 37.7 Å². The molecule has 0 saturated heterocycles. The molecule has 0 amide bonds. The van der Waals surface area contributed by atoms with Crippen LogP contribution in [-0.4, -0.2) is 4.98 Å². The lowest BCUT2D eigenvalue weighted by Gasteiger charge is -2.23. The van der Waals surface area contributed by atoms with E-state index in [4.69, 9.17) is 0 Å². The SMILES string of the molecule is CC(C)(C)c1ccc2[nH]c3c(-c4ccccc4)c(Br)c(C(C)(C)C)cc3c2c1. The van der Waals surface area contributed by atoms with Crippen LogP contribution in [-0.2, 0) is 10.8 Å². The zero-order chi connectivity index (χ0) is 20.3. The molecule has 2 heteroatoms. The van der Waals surface area contributed by atoms with E-state index >= 15 is 0 Å². The number of benzene rings is 3. The van der Waals surface area contributed by atoms with Crippen molar-refractivity contribution in [2.45, 2.75) is 52.4 Å². The molecule has 28 heavy (non-hydrogen) atoms. The molecule has 0 atom stereocenters. The Bertz CT molecular complexity index is 1170. The van der Waals surface area contributed by atoms with E-state index in [9.17, 15) is 0 Å². The molecule has 0 bridgehead atoms. The summed E-state index contributed by atoms with van der Waals surface area (Å²) in [6.07, 6.45) is 0. The normalized spacial score (nSPS) is 12.8. The first-order valence-corrected chi connectivity index (χ1v) is 10.7. The second-order valence-corrected chi connectivity index (χ2v) is 10.6. The third-order valence-electron chi connectivity index (χ3n) is 5.57. The van der Waals surface area contributed by atoms with Gasteiger partial charge in [-0.05, 0) is 61.6 Å². The van der Waals surface area contributed by atoms with Crippen molar-refractivity contribution in [3.63, 3.8) is 0 Å². The fourth-order valence-corrected chi connectivity index (χ4v) is 5.04. The lowest BCUT2D eigenvalue weighted by Crippen LogP contribution is -2.12. The molecular weight excluding hydrogens is 406 g/mol. The van der Waals surface area contributed by atoms with E-state index in [-0.39, 0.29) is 10.8 Å². The van der Waals surface area contributed by atoms with Crippen molar-refractivity contribution in [3.05, 3.63) is 70.2 Å². The highest BCUT2D eigenvalue weighted by molar-refractivity contribution is 9.10. The van der Waals surface area contributed by atoms with E-state index in [0.717, 1.165) is 0 Å². The molecule has 1 heterocycles. The van der Waals surface area contributed by atoms with Crippen LogP contribution in [0.5, 0.6) is 0 Å². The van der Waals surface area contributed by atoms with Gasteiger partial charge in [-0.15, -0.1) is 0 Å². The summed E-state index contributed by atoms with van der Waals surface area (Å²) in [6.45, 7) is 13.7. The summed E-state index contributed by atoms with van der Waals surface area (Å²) < 4.78 is 1.18. The minimum absolute atomic E-state index is 0.0434. The fourth-order valence-electron chi connectivity index (χ4n) is 3.90. The van der Waals surface area contributed by atoms with Gasteiger partial charge in [-0.3, -0.25) is 0 Å². The van der Waals surface area contributed by atoms with Gasteiger partial charge in [0.05, 0.1) is 5.52 Å². The van der Waals surface area contributed by atoms with E-state index in [1.807, 2.05) is 0 Å². The average Bonchev–Trinajstić information content (AvgIpc) is 2.97. The molecule has 0 fully saturated rings. The lowest BCUT2D eigenvalue weighted by atomic mass is 9.83. The van der Waals surface area contributed by atoms with Crippen molar-refractivity contribution in [3.8, 4) is 11.1 Å². The van der Waals surface area contributed by atoms with Crippen LogP contribution in [0.15, 0.2) is 59.1 Å². The highest BCUT2D eigenvalue weighted by atomic mass is 79.9. The number of aromatic amines is 1. The van der Waals surface area contributed by atoms with Gasteiger partial charge in [-0.2, -0.15) is 0 Å². The van der Waals surface area contributed by atoms with Gasteiger partial charge in [-0.25, -0.2) is 0 Å². The molecule has 1 aromatic heterocycles. The van der Waals surface area contributed by atoms with Crippen LogP contribution in [0, 0.1) is 0 Å². The van der Waals surface area contributed by atoms with E-state index in [2.05, 4.69) is 117 Å². The predicted molar refractivity (Wildman–Crippen MR) is 126 cm³/mol. The first-order chi connectivity index (χ1) is 13.1. The summed E-state index contributed by atoms with van der Waals surface area (Å²) >= 11 is 3.96. The summed E-state index contributed by atoms with van der Waals surface area (Å²) in [5.74, 6) is 0. The zero-order valence-electron chi connectivity index (χ0n) is 17.6. The smallest absolute Gasteiger partial charge is 0.0556 e. The number of halogens is 1. The van der Waals surface area contributed by atoms with Crippen LogP contribution in [0.4, 0.5) is 0 Å². The Balaban J connectivity index is 2.16. The molecule has 3 aromatic carbocycles. The van der Waals surface area contributed by atoms with Crippen LogP contribution in [0.1, 0.15) is 52.7 Å². The number of fused-ring (bicyclic) bond motifs is 3. The molecule has 0 aliphatic carbocycles. The van der Waals surface area contributed by atoms with E-state index in [1.165, 1.54) is 48.5 Å². The predicted octanol–water partition coefficient (Wildman–Crippen LogP) is 8.35. The molecule has 0 spiro atoms. The number of hydrogen-bond donors (Lipinski definition) is 1. The standard InChI is InChI=1S/C26H28BrN/c1-25(2,3)17-12-13-21-18(14-17)19-15-20(26(4,5)6)23(27)22(24(19)28-21)16-10-8-7-9-11-16/h7-15,28H,1-6H3. The quantitative estimate of drug-likeness (QED) is 0.310. The molecule has 0 radical (unpaired) electrons. The minimum Gasteiger partial charge on any atom is -0.354 e. The second-order valence-electron chi connectivity index (χ2n) is 9.79. The van der Waals surface area contributed by atoms with E-state index in [0.29, 0.717) is 0 Å². The Morgan fingerprint density at radius 1 is 0.750 bits per heavy atom. The van der Waals surface area contributed by atoms with Crippen molar-refractivity contribution in [1.82, 2.24) is 4.98 Å². The van der Waals surface area contributed by atoms with E-state index in [1.54, 1.807) is 0 Å². The molecule has 0 aliphatic heterocycles. The summed E-state index contributed by atoms with van der Waals surface area (Å²) in [5, 5.41) is 2.60. The third-order valence-corrected chi connectivity index (χ3v) is 6.39. The summed E-state index contributed by atoms with van der Waals surface area (Å²) in [7, 11) is 0. The number of nitrogens with one attached hydrogen (secondary N) is 1. The largest absolute Gasteiger partial charge is 0.354 e. The van der Waals surface area contributed by atoms with Gasteiger partial charge in [0.25, 0.3) is 0 Å². The topological polar surface area (TPSA) is 15.8 Å². The summed E-state index contributed by atoms with van der Waals surface area (Å²) in [5.41, 5.74) is 7.74. The highest BCUT2D eigenvalue weighted by Crippen LogP contribution is 2.44. The average molecular weight is 434 g/mol. The van der Waals surface area contributed by atoms with Gasteiger partial charge in [0.1, 0.15) is 0 Å². The Labute approximate surface area is 176 Å². The molecule has 0 saturated carbocycles. The maximum atomic E-state index is 3.96. The van der Waals surface area contributed by atoms with Gasteiger partial charge >= 0.3 is 0 Å². The maximum Gasteiger partial charge on any atom is 0.0556 e. The lowest BCUT2D eigenvalue weighted by molar-refractivity contribution is 0.588. The van der Waals surface area contributed by atoms with Crippen LogP contribution in [0.2, 0.25) is 0 Å². The Morgan fingerprint density at radius 2 is 1.43 bits per heavy atom. The minimum atomic E-state index is 0.0434. The molecule has 144 valence electrons. The van der Waals surface area contributed by atoms with Crippen LogP contribution < -0.4 is 0 Å². The molecule has 4 aromatic rings. The molecule has 1 nitrogen and oxygen atoms in total. The molecule has 1 N–H and O–H groups in total. The first-order valence-electron chi connectivity index (χ1n) is 9.92. The van der Waals surface area contributed by atoms with Crippen molar-refractivity contribution < 1.29 is 0 Å². The van der Waals surface area contributed by atoms with Crippen molar-refractivity contribution in [2.24, 2.45) is 0 Å². The summed E-state index contributed by atoms with van der Waals surface area (Å²) in [6, 6.07) is 19.9. The van der Waals surface area contributed by atoms with Gasteiger partial charge in [-0.1, -0.05) is 77.9 Å². The molecule has 0 aliphatic rings. The molecule has 0 unspecified atom stereocenters. The summed E-state index contributed by atoms with van der Waals surface area (Å²) in [4.78, 5) is 3.71. The molecular formula is C26H28BrN. The number of hydrogen-bond acceptors (Lipinski definition) is 0. The second kappa shape index (κ2) is 6.49. The van der Waals surface area contributed by atoms with E-state index < -0.39 is 0 Å². The van der Waals surface area contributed by atoms with Gasteiger partial charge in [0.15, 0.2) is 0 Å². The maximum absolute atomic E-state index is 3.96. The van der Waals surface area contributed by atoms with Gasteiger partial charge < -0.3 is 4.98 Å². The Kier molecular flexibility index (Phi) is 4.46. The van der Waals surface area contributed by atoms with Gasteiger partial charge in [0.2, 0.25) is 0 Å². The van der Waals surface area contributed by atoms with Gasteiger partial charge in [0, 0.05) is 26.3 Å². The Morgan fingerprint density at radius 3 is 2.04 bits per heavy atom. The number of aromatic nitrogens is 1. The Hall–Kier alpha value is -2.06. The fraction of sp³-hybridized carbons (Fsp3) is 0.308. The van der Waals surface area contributed by atoms with Crippen molar-refractivity contribution in [2.75, 3.05) is 0 Å². The number of rotatable bonds is 1. The highest BCUT2D eigenvalue weighted by Gasteiger charge is 2.24. The van der Waals surface area contributed by atoms with Crippen LogP contribution >= 0.6 is 15.9 Å². The van der Waals surface area contributed by atoms with Crippen LogP contribution in [0.25, 0.3) is 32.9 Å². The molecule has 4 rings (SSSR count). The number of H-pyrrole nitrogens is 1. The monoisotopic (exact) mass is 433 g/mol. The third kappa shape index (κ3) is 3.18. The van der Waals surface area contributed by atoms with Crippen LogP contribution in [0.3, 0.4) is 0 Å². The first kappa shape index (κ1) is 19.3. The zero-order valence-corrected chi connectivity index (χ0v) is 19.2. The van der Waals surface area contributed by atoms with Crippen molar-refractivity contribution in [1.29, 1.82) is 0 Å².